The molecule has 3 nitrogen and oxygen atoms in total. The molecule has 0 amide bonds. The van der Waals surface area contributed by atoms with Crippen LogP contribution in [0, 0.1) is 0 Å². The highest BCUT2D eigenvalue weighted by molar-refractivity contribution is 7.86. The number of nitrogens with zero attached hydrogens (tertiary/aromatic N) is 1. The van der Waals surface area contributed by atoms with Gasteiger partial charge in [-0.15, -0.1) is 0 Å². The molecule has 1 unspecified atom stereocenters. The second-order valence-corrected chi connectivity index (χ2v) is 8.35. The van der Waals surface area contributed by atoms with Gasteiger partial charge in [0.05, 0.1) is 11.6 Å². The Morgan fingerprint density at radius 1 is 1.09 bits per heavy atom. The molecule has 1 aliphatic rings. The molecule has 0 radical (unpaired) electrons. The Bertz CT molecular complexity index is 780. The lowest BCUT2D eigenvalue weighted by Gasteiger charge is -2.32. The first-order valence-electron chi connectivity index (χ1n) is 6.45. The number of halogens is 3. The number of para-hydroxylation sites is 1. The number of rotatable bonds is 2. The molecular formula is C15H11Cl3NO2P. The van der Waals surface area contributed by atoms with Crippen LogP contribution in [0.2, 0.25) is 10.0 Å². The largest absolute Gasteiger partial charge is 0.438 e. The van der Waals surface area contributed by atoms with Gasteiger partial charge in [-0.1, -0.05) is 41.4 Å². The van der Waals surface area contributed by atoms with Gasteiger partial charge in [-0.05, 0) is 36.4 Å². The molecule has 1 aliphatic heterocycles. The zero-order valence-corrected chi connectivity index (χ0v) is 14.4. The molecule has 2 aromatic rings. The normalized spacial score (nSPS) is 21.2. The summed E-state index contributed by atoms with van der Waals surface area (Å²) < 4.78 is 19.7. The third kappa shape index (κ3) is 3.13. The van der Waals surface area contributed by atoms with E-state index in [4.69, 9.17) is 39.0 Å². The standard InChI is InChI=1S/C15H11Cl3NO2P/c16-11-6-7-13(14(17)10-11)15-8-9-19(22(18,20)21-15)12-4-2-1-3-5-12/h1-8,10H,9H2. The Balaban J connectivity index is 1.95. The maximum atomic E-state index is 12.7. The first kappa shape index (κ1) is 15.8. The molecule has 0 bridgehead atoms. The van der Waals surface area contributed by atoms with Crippen LogP contribution in [0.3, 0.4) is 0 Å². The van der Waals surface area contributed by atoms with Crippen molar-refractivity contribution in [3.63, 3.8) is 0 Å². The molecule has 7 heteroatoms. The summed E-state index contributed by atoms with van der Waals surface area (Å²) in [6.45, 7) is -3.17. The van der Waals surface area contributed by atoms with Gasteiger partial charge in [-0.2, -0.15) is 0 Å². The minimum Gasteiger partial charge on any atom is -0.418 e. The zero-order valence-electron chi connectivity index (χ0n) is 11.2. The van der Waals surface area contributed by atoms with E-state index in [2.05, 4.69) is 0 Å². The molecule has 0 spiro atoms. The predicted molar refractivity (Wildman–Crippen MR) is 92.8 cm³/mol. The Morgan fingerprint density at radius 3 is 2.45 bits per heavy atom. The smallest absolute Gasteiger partial charge is 0.418 e. The van der Waals surface area contributed by atoms with Gasteiger partial charge in [0.2, 0.25) is 0 Å². The van der Waals surface area contributed by atoms with Crippen molar-refractivity contribution >= 4 is 52.8 Å². The van der Waals surface area contributed by atoms with Gasteiger partial charge in [0.15, 0.2) is 0 Å². The van der Waals surface area contributed by atoms with Crippen LogP contribution in [-0.2, 0) is 9.09 Å². The minimum atomic E-state index is -3.53. The Kier molecular flexibility index (Phi) is 4.42. The second-order valence-electron chi connectivity index (χ2n) is 4.65. The molecule has 0 aromatic heterocycles. The first-order valence-corrected chi connectivity index (χ1v) is 9.69. The third-order valence-corrected chi connectivity index (χ3v) is 5.89. The minimum absolute atomic E-state index is 0.360. The lowest BCUT2D eigenvalue weighted by molar-refractivity contribution is 0.466. The van der Waals surface area contributed by atoms with Crippen LogP contribution in [0.15, 0.2) is 54.6 Å². The fourth-order valence-corrected chi connectivity index (χ4v) is 4.54. The highest BCUT2D eigenvalue weighted by Gasteiger charge is 2.35. The van der Waals surface area contributed by atoms with Crippen molar-refractivity contribution in [2.45, 2.75) is 0 Å². The summed E-state index contributed by atoms with van der Waals surface area (Å²) in [6.07, 6.45) is 1.79. The van der Waals surface area contributed by atoms with Gasteiger partial charge >= 0.3 is 6.87 Å². The second kappa shape index (κ2) is 6.17. The number of anilines is 1. The maximum Gasteiger partial charge on any atom is 0.438 e. The molecule has 0 saturated carbocycles. The zero-order chi connectivity index (χ0) is 15.7. The van der Waals surface area contributed by atoms with Crippen LogP contribution in [0.4, 0.5) is 5.69 Å². The van der Waals surface area contributed by atoms with Crippen molar-refractivity contribution in [2.75, 3.05) is 11.2 Å². The lowest BCUT2D eigenvalue weighted by atomic mass is 10.2. The van der Waals surface area contributed by atoms with Gasteiger partial charge in [0, 0.05) is 27.5 Å². The Hall–Kier alpha value is -1.12. The lowest BCUT2D eigenvalue weighted by Crippen LogP contribution is -2.22. The van der Waals surface area contributed by atoms with Gasteiger partial charge in [-0.25, -0.2) is 4.57 Å². The van der Waals surface area contributed by atoms with E-state index in [-0.39, 0.29) is 0 Å². The van der Waals surface area contributed by atoms with Crippen LogP contribution in [0.1, 0.15) is 5.56 Å². The van der Waals surface area contributed by atoms with Crippen molar-refractivity contribution in [1.29, 1.82) is 0 Å². The highest BCUT2D eigenvalue weighted by Crippen LogP contribution is 2.62. The molecule has 0 saturated heterocycles. The van der Waals surface area contributed by atoms with E-state index < -0.39 is 6.87 Å². The summed E-state index contributed by atoms with van der Waals surface area (Å²) in [5.41, 5.74) is 1.35. The highest BCUT2D eigenvalue weighted by atomic mass is 35.7. The maximum absolute atomic E-state index is 12.7. The topological polar surface area (TPSA) is 29.5 Å². The summed E-state index contributed by atoms with van der Waals surface area (Å²) >= 11 is 18.2. The number of hydrogen-bond donors (Lipinski definition) is 0. The molecule has 1 heterocycles. The number of hydrogen-bond acceptors (Lipinski definition) is 2. The van der Waals surface area contributed by atoms with Crippen LogP contribution < -0.4 is 4.67 Å². The van der Waals surface area contributed by atoms with Gasteiger partial charge < -0.3 is 4.52 Å². The van der Waals surface area contributed by atoms with Crippen LogP contribution in [0.5, 0.6) is 0 Å². The van der Waals surface area contributed by atoms with Crippen molar-refractivity contribution in [1.82, 2.24) is 0 Å². The first-order chi connectivity index (χ1) is 10.5. The van der Waals surface area contributed by atoms with Crippen molar-refractivity contribution in [2.24, 2.45) is 0 Å². The van der Waals surface area contributed by atoms with Crippen molar-refractivity contribution in [3.8, 4) is 0 Å². The van der Waals surface area contributed by atoms with Gasteiger partial charge in [0.1, 0.15) is 5.76 Å². The molecule has 1 atom stereocenters. The van der Waals surface area contributed by atoms with Gasteiger partial charge in [0.25, 0.3) is 0 Å². The van der Waals surface area contributed by atoms with E-state index in [9.17, 15) is 4.57 Å². The molecule has 3 rings (SSSR count). The SMILES string of the molecule is O=P1(Cl)OC(c2ccc(Cl)cc2Cl)=CCN1c1ccccc1. The van der Waals surface area contributed by atoms with Crippen LogP contribution in [-0.4, -0.2) is 6.54 Å². The van der Waals surface area contributed by atoms with E-state index in [1.165, 1.54) is 4.67 Å². The van der Waals surface area contributed by atoms with Crippen LogP contribution in [0.25, 0.3) is 5.76 Å². The van der Waals surface area contributed by atoms with E-state index in [0.29, 0.717) is 27.9 Å². The van der Waals surface area contributed by atoms with E-state index in [1.807, 2.05) is 30.3 Å². The fraction of sp³-hybridized carbons (Fsp3) is 0.0667. The summed E-state index contributed by atoms with van der Waals surface area (Å²) in [5, 5.41) is 0.939. The quantitative estimate of drug-likeness (QED) is 0.585. The Morgan fingerprint density at radius 2 is 1.82 bits per heavy atom. The van der Waals surface area contributed by atoms with Gasteiger partial charge in [-0.3, -0.25) is 4.67 Å². The third-order valence-electron chi connectivity index (χ3n) is 3.20. The van der Waals surface area contributed by atoms with Crippen molar-refractivity contribution in [3.05, 3.63) is 70.2 Å². The molecule has 0 N–H and O–H groups in total. The summed E-state index contributed by atoms with van der Waals surface area (Å²) in [5.74, 6) is 0.396. The Labute approximate surface area is 143 Å². The summed E-state index contributed by atoms with van der Waals surface area (Å²) in [4.78, 5) is 0. The van der Waals surface area contributed by atoms with Crippen LogP contribution >= 0.6 is 41.3 Å². The molecule has 0 aliphatic carbocycles. The summed E-state index contributed by atoms with van der Waals surface area (Å²) in [6, 6.07) is 14.2. The fourth-order valence-electron chi connectivity index (χ4n) is 2.17. The molecule has 2 aromatic carbocycles. The molecule has 114 valence electrons. The van der Waals surface area contributed by atoms with E-state index in [1.54, 1.807) is 24.3 Å². The molecular weight excluding hydrogens is 364 g/mol. The van der Waals surface area contributed by atoms with Crippen molar-refractivity contribution < 1.29 is 9.09 Å². The molecule has 0 fully saturated rings. The van der Waals surface area contributed by atoms with E-state index >= 15 is 0 Å². The average Bonchev–Trinajstić information content (AvgIpc) is 2.47. The van der Waals surface area contributed by atoms with E-state index in [0.717, 1.165) is 5.69 Å². The monoisotopic (exact) mass is 373 g/mol. The average molecular weight is 375 g/mol. The summed E-state index contributed by atoms with van der Waals surface area (Å²) in [7, 11) is 0. The molecule has 22 heavy (non-hydrogen) atoms. The predicted octanol–water partition coefficient (Wildman–Crippen LogP) is 6.22. The number of benzene rings is 2.